The highest BCUT2D eigenvalue weighted by Gasteiger charge is 2.09. The first-order valence-electron chi connectivity index (χ1n) is 5.45. The van der Waals surface area contributed by atoms with Crippen molar-refractivity contribution in [2.24, 2.45) is 0 Å². The van der Waals surface area contributed by atoms with Gasteiger partial charge in [0.1, 0.15) is 11.6 Å². The average molecular weight is 295 g/mol. The summed E-state index contributed by atoms with van der Waals surface area (Å²) in [5, 5.41) is 7.58. The molecule has 1 aromatic heterocycles. The predicted molar refractivity (Wildman–Crippen MR) is 71.3 cm³/mol. The van der Waals surface area contributed by atoms with Gasteiger partial charge in [-0.25, -0.2) is 9.67 Å². The Balaban J connectivity index is 2.54. The standard InChI is InChI=1S/C12H15BrN4/c1-8-15-9(2)17(16-8)12-5-4-11(13)6-10(12)7-14-3/h4-6,14H,7H2,1-3H3. The van der Waals surface area contributed by atoms with Crippen molar-refractivity contribution in [3.63, 3.8) is 0 Å². The van der Waals surface area contributed by atoms with Crippen molar-refractivity contribution in [3.8, 4) is 5.69 Å². The summed E-state index contributed by atoms with van der Waals surface area (Å²) in [5.41, 5.74) is 2.26. The van der Waals surface area contributed by atoms with Gasteiger partial charge < -0.3 is 5.32 Å². The zero-order chi connectivity index (χ0) is 12.4. The van der Waals surface area contributed by atoms with Crippen LogP contribution in [0.5, 0.6) is 0 Å². The molecule has 90 valence electrons. The number of halogens is 1. The third-order valence-electron chi connectivity index (χ3n) is 2.51. The van der Waals surface area contributed by atoms with Crippen molar-refractivity contribution >= 4 is 15.9 Å². The van der Waals surface area contributed by atoms with E-state index in [9.17, 15) is 0 Å². The van der Waals surface area contributed by atoms with Gasteiger partial charge in [-0.05, 0) is 44.7 Å². The van der Waals surface area contributed by atoms with Crippen LogP contribution in [-0.4, -0.2) is 21.8 Å². The van der Waals surface area contributed by atoms with E-state index in [-0.39, 0.29) is 0 Å². The van der Waals surface area contributed by atoms with Gasteiger partial charge in [0.2, 0.25) is 0 Å². The lowest BCUT2D eigenvalue weighted by molar-refractivity contribution is 0.773. The summed E-state index contributed by atoms with van der Waals surface area (Å²) in [6.07, 6.45) is 0. The molecular formula is C12H15BrN4. The van der Waals surface area contributed by atoms with Crippen molar-refractivity contribution in [2.75, 3.05) is 7.05 Å². The first-order valence-corrected chi connectivity index (χ1v) is 6.25. The SMILES string of the molecule is CNCc1cc(Br)ccc1-n1nc(C)nc1C. The first kappa shape index (κ1) is 12.3. The summed E-state index contributed by atoms with van der Waals surface area (Å²) < 4.78 is 2.95. The molecule has 0 bridgehead atoms. The maximum absolute atomic E-state index is 4.42. The normalized spacial score (nSPS) is 10.8. The fraction of sp³-hybridized carbons (Fsp3) is 0.333. The van der Waals surface area contributed by atoms with Gasteiger partial charge in [0.15, 0.2) is 0 Å². The van der Waals surface area contributed by atoms with Gasteiger partial charge in [-0.3, -0.25) is 0 Å². The van der Waals surface area contributed by atoms with Gasteiger partial charge in [0, 0.05) is 11.0 Å². The van der Waals surface area contributed by atoms with Crippen molar-refractivity contribution in [1.29, 1.82) is 0 Å². The summed E-state index contributed by atoms with van der Waals surface area (Å²) in [4.78, 5) is 4.33. The molecule has 17 heavy (non-hydrogen) atoms. The van der Waals surface area contributed by atoms with Gasteiger partial charge in [0.25, 0.3) is 0 Å². The molecule has 1 aromatic carbocycles. The Hall–Kier alpha value is -1.20. The fourth-order valence-electron chi connectivity index (χ4n) is 1.84. The number of nitrogens with zero attached hydrogens (tertiary/aromatic N) is 3. The van der Waals surface area contributed by atoms with Crippen LogP contribution in [0.25, 0.3) is 5.69 Å². The maximum Gasteiger partial charge on any atom is 0.148 e. The molecule has 0 saturated carbocycles. The van der Waals surface area contributed by atoms with Crippen molar-refractivity contribution < 1.29 is 0 Å². The van der Waals surface area contributed by atoms with E-state index in [1.54, 1.807) is 0 Å². The molecule has 0 unspecified atom stereocenters. The van der Waals surface area contributed by atoms with E-state index in [1.165, 1.54) is 5.56 Å². The van der Waals surface area contributed by atoms with Crippen LogP contribution in [0.15, 0.2) is 22.7 Å². The molecular weight excluding hydrogens is 280 g/mol. The Labute approximate surface area is 109 Å². The molecule has 0 aliphatic carbocycles. The van der Waals surface area contributed by atoms with Crippen molar-refractivity contribution in [3.05, 3.63) is 39.9 Å². The van der Waals surface area contributed by atoms with Crippen LogP contribution in [-0.2, 0) is 6.54 Å². The molecule has 0 saturated heterocycles. The van der Waals surface area contributed by atoms with E-state index in [1.807, 2.05) is 31.6 Å². The van der Waals surface area contributed by atoms with E-state index in [4.69, 9.17) is 0 Å². The Morgan fingerprint density at radius 1 is 1.35 bits per heavy atom. The van der Waals surface area contributed by atoms with Gasteiger partial charge in [-0.15, -0.1) is 0 Å². The Morgan fingerprint density at radius 2 is 2.12 bits per heavy atom. The molecule has 0 radical (unpaired) electrons. The molecule has 5 heteroatoms. The second-order valence-electron chi connectivity index (χ2n) is 3.92. The minimum Gasteiger partial charge on any atom is -0.316 e. The van der Waals surface area contributed by atoms with E-state index < -0.39 is 0 Å². The molecule has 4 nitrogen and oxygen atoms in total. The van der Waals surface area contributed by atoms with Crippen LogP contribution < -0.4 is 5.32 Å². The molecule has 0 amide bonds. The number of hydrogen-bond donors (Lipinski definition) is 1. The lowest BCUT2D eigenvalue weighted by atomic mass is 10.2. The number of benzene rings is 1. The zero-order valence-electron chi connectivity index (χ0n) is 10.2. The van der Waals surface area contributed by atoms with Crippen molar-refractivity contribution in [1.82, 2.24) is 20.1 Å². The highest BCUT2D eigenvalue weighted by atomic mass is 79.9. The summed E-state index contributed by atoms with van der Waals surface area (Å²) in [6, 6.07) is 6.17. The van der Waals surface area contributed by atoms with Crippen LogP contribution in [0.2, 0.25) is 0 Å². The Bertz CT molecular complexity index is 533. The molecule has 0 atom stereocenters. The highest BCUT2D eigenvalue weighted by molar-refractivity contribution is 9.10. The number of aromatic nitrogens is 3. The van der Waals surface area contributed by atoms with Gasteiger partial charge in [-0.1, -0.05) is 15.9 Å². The molecule has 2 aromatic rings. The van der Waals surface area contributed by atoms with Crippen LogP contribution in [0.4, 0.5) is 0 Å². The van der Waals surface area contributed by atoms with E-state index in [2.05, 4.69) is 43.5 Å². The molecule has 0 spiro atoms. The quantitative estimate of drug-likeness (QED) is 0.945. The molecule has 1 heterocycles. The molecule has 1 N–H and O–H groups in total. The van der Waals surface area contributed by atoms with Crippen LogP contribution in [0, 0.1) is 13.8 Å². The topological polar surface area (TPSA) is 42.7 Å². The summed E-state index contributed by atoms with van der Waals surface area (Å²) >= 11 is 3.49. The number of nitrogens with one attached hydrogen (secondary N) is 1. The van der Waals surface area contributed by atoms with Crippen LogP contribution >= 0.6 is 15.9 Å². The summed E-state index contributed by atoms with van der Waals surface area (Å²) in [7, 11) is 1.93. The summed E-state index contributed by atoms with van der Waals surface area (Å²) in [5.74, 6) is 1.70. The number of rotatable bonds is 3. The predicted octanol–water partition coefficient (Wildman–Crippen LogP) is 2.37. The van der Waals surface area contributed by atoms with Crippen molar-refractivity contribution in [2.45, 2.75) is 20.4 Å². The van der Waals surface area contributed by atoms with Gasteiger partial charge in [0.05, 0.1) is 5.69 Å². The van der Waals surface area contributed by atoms with E-state index in [0.717, 1.165) is 28.4 Å². The lowest BCUT2D eigenvalue weighted by Crippen LogP contribution is -2.10. The van der Waals surface area contributed by atoms with Crippen LogP contribution in [0.1, 0.15) is 17.2 Å². The van der Waals surface area contributed by atoms with E-state index >= 15 is 0 Å². The van der Waals surface area contributed by atoms with Crippen LogP contribution in [0.3, 0.4) is 0 Å². The summed E-state index contributed by atoms with van der Waals surface area (Å²) in [6.45, 7) is 4.67. The molecule has 0 aliphatic rings. The minimum absolute atomic E-state index is 0.792. The average Bonchev–Trinajstić information content (AvgIpc) is 2.59. The first-order chi connectivity index (χ1) is 8.11. The van der Waals surface area contributed by atoms with Gasteiger partial charge >= 0.3 is 0 Å². The Morgan fingerprint density at radius 3 is 2.71 bits per heavy atom. The lowest BCUT2D eigenvalue weighted by Gasteiger charge is -2.10. The smallest absolute Gasteiger partial charge is 0.148 e. The molecule has 0 fully saturated rings. The fourth-order valence-corrected chi connectivity index (χ4v) is 2.25. The number of hydrogen-bond acceptors (Lipinski definition) is 3. The molecule has 2 rings (SSSR count). The second-order valence-corrected chi connectivity index (χ2v) is 4.84. The van der Waals surface area contributed by atoms with E-state index in [0.29, 0.717) is 0 Å². The highest BCUT2D eigenvalue weighted by Crippen LogP contribution is 2.20. The Kier molecular flexibility index (Phi) is 3.59. The van der Waals surface area contributed by atoms with Gasteiger partial charge in [-0.2, -0.15) is 5.10 Å². The molecule has 0 aliphatic heterocycles. The second kappa shape index (κ2) is 4.98. The number of aryl methyl sites for hydroxylation is 2. The zero-order valence-corrected chi connectivity index (χ0v) is 11.7. The minimum atomic E-state index is 0.792. The third kappa shape index (κ3) is 2.56. The third-order valence-corrected chi connectivity index (χ3v) is 3.01. The largest absolute Gasteiger partial charge is 0.316 e. The monoisotopic (exact) mass is 294 g/mol. The maximum atomic E-state index is 4.42.